The Kier molecular flexibility index (Phi) is 3.53. The lowest BCUT2D eigenvalue weighted by Gasteiger charge is -1.94. The van der Waals surface area contributed by atoms with Gasteiger partial charge in [0, 0.05) is 0 Å². The van der Waals surface area contributed by atoms with Crippen molar-refractivity contribution in [2.75, 3.05) is 0 Å². The molecule has 2 amide bonds. The Morgan fingerprint density at radius 3 is 3.00 bits per heavy atom. The molecule has 2 aromatic heterocycles. The number of nitrogens with two attached hydrogens (primary N) is 1. The van der Waals surface area contributed by atoms with Crippen LogP contribution in [0.25, 0.3) is 10.2 Å². The molecule has 7 nitrogen and oxygen atoms in total. The van der Waals surface area contributed by atoms with Crippen molar-refractivity contribution >= 4 is 27.6 Å². The Bertz CT molecular complexity index is 795. The van der Waals surface area contributed by atoms with Crippen LogP contribution in [0.2, 0.25) is 0 Å². The first-order valence-electron chi connectivity index (χ1n) is 6.31. The minimum atomic E-state index is -0.628. The first-order valence-corrected chi connectivity index (χ1v) is 7.12. The van der Waals surface area contributed by atoms with E-state index in [1.807, 2.05) is 12.1 Å². The van der Waals surface area contributed by atoms with E-state index < -0.39 is 6.03 Å². The first-order chi connectivity index (χ1) is 10.1. The molecule has 0 radical (unpaired) electrons. The minimum absolute atomic E-state index is 0.126. The molecule has 0 bridgehead atoms. The molecule has 0 spiro atoms. The van der Waals surface area contributed by atoms with Gasteiger partial charge in [0.2, 0.25) is 11.8 Å². The summed E-state index contributed by atoms with van der Waals surface area (Å²) in [5.41, 5.74) is 7.15. The van der Waals surface area contributed by atoms with Crippen LogP contribution in [0.15, 0.2) is 22.6 Å². The number of primary amides is 1. The highest BCUT2D eigenvalue weighted by molar-refractivity contribution is 7.18. The Balaban J connectivity index is 1.74. The number of aryl methyl sites for hydroxylation is 1. The molecule has 8 heteroatoms. The largest absolute Gasteiger partial charge is 0.423 e. The van der Waals surface area contributed by atoms with Crippen LogP contribution in [0.5, 0.6) is 0 Å². The summed E-state index contributed by atoms with van der Waals surface area (Å²) in [5, 5.41) is 11.1. The lowest BCUT2D eigenvalue weighted by molar-refractivity contribution is 0.247. The summed E-state index contributed by atoms with van der Waals surface area (Å²) in [5.74, 6) is 0.785. The van der Waals surface area contributed by atoms with Crippen LogP contribution in [0, 0.1) is 6.92 Å². The lowest BCUT2D eigenvalue weighted by atomic mass is 10.2. The highest BCUT2D eigenvalue weighted by Gasteiger charge is 2.11. The summed E-state index contributed by atoms with van der Waals surface area (Å²) in [6.45, 7) is 2.18. The van der Waals surface area contributed by atoms with Crippen molar-refractivity contribution in [3.8, 4) is 0 Å². The van der Waals surface area contributed by atoms with E-state index in [2.05, 4.69) is 33.5 Å². The third kappa shape index (κ3) is 3.16. The molecule has 0 aliphatic heterocycles. The predicted molar refractivity (Wildman–Crippen MR) is 77.9 cm³/mol. The molecule has 2 heterocycles. The number of benzene rings is 1. The fraction of sp³-hybridized carbons (Fsp3) is 0.231. The molecule has 108 valence electrons. The van der Waals surface area contributed by atoms with E-state index in [0.29, 0.717) is 18.2 Å². The average Bonchev–Trinajstić information content (AvgIpc) is 3.02. The molecule has 0 saturated carbocycles. The number of aromatic nitrogens is 3. The van der Waals surface area contributed by atoms with Crippen molar-refractivity contribution in [1.82, 2.24) is 20.5 Å². The van der Waals surface area contributed by atoms with Crippen LogP contribution in [-0.4, -0.2) is 21.2 Å². The third-order valence-electron chi connectivity index (χ3n) is 2.81. The molecule has 1 aromatic carbocycles. The van der Waals surface area contributed by atoms with Crippen molar-refractivity contribution in [3.63, 3.8) is 0 Å². The second-order valence-electron chi connectivity index (χ2n) is 4.56. The molecule has 0 aliphatic rings. The first kappa shape index (κ1) is 13.5. The Morgan fingerprint density at radius 2 is 2.19 bits per heavy atom. The highest BCUT2D eigenvalue weighted by atomic mass is 32.1. The number of urea groups is 1. The zero-order valence-corrected chi connectivity index (χ0v) is 12.1. The molecular weight excluding hydrogens is 290 g/mol. The van der Waals surface area contributed by atoms with Gasteiger partial charge < -0.3 is 15.5 Å². The molecule has 0 aliphatic carbocycles. The third-order valence-corrected chi connectivity index (χ3v) is 3.83. The van der Waals surface area contributed by atoms with E-state index in [0.717, 1.165) is 15.2 Å². The molecule has 0 saturated heterocycles. The van der Waals surface area contributed by atoms with E-state index in [9.17, 15) is 4.79 Å². The van der Waals surface area contributed by atoms with Crippen molar-refractivity contribution < 1.29 is 9.21 Å². The van der Waals surface area contributed by atoms with Crippen LogP contribution in [0.4, 0.5) is 4.79 Å². The Morgan fingerprint density at radius 1 is 1.38 bits per heavy atom. The van der Waals surface area contributed by atoms with Crippen LogP contribution in [0.3, 0.4) is 0 Å². The van der Waals surface area contributed by atoms with Gasteiger partial charge in [0.05, 0.1) is 23.2 Å². The fourth-order valence-electron chi connectivity index (χ4n) is 1.88. The molecule has 3 N–H and O–H groups in total. The number of amides is 2. The number of carbonyl (C=O) groups is 1. The van der Waals surface area contributed by atoms with Crippen molar-refractivity contribution in [1.29, 1.82) is 0 Å². The SMILES string of the molecule is Cc1ccc2nc(Cc3nnc(CNC(N)=O)o3)sc2c1. The van der Waals surface area contributed by atoms with Crippen molar-refractivity contribution in [2.45, 2.75) is 19.9 Å². The number of rotatable bonds is 4. The van der Waals surface area contributed by atoms with Crippen LogP contribution >= 0.6 is 11.3 Å². The van der Waals surface area contributed by atoms with Gasteiger partial charge in [-0.25, -0.2) is 9.78 Å². The van der Waals surface area contributed by atoms with E-state index in [-0.39, 0.29) is 6.54 Å². The minimum Gasteiger partial charge on any atom is -0.423 e. The topological polar surface area (TPSA) is 107 Å². The molecule has 3 aromatic rings. The van der Waals surface area contributed by atoms with Crippen molar-refractivity contribution in [2.24, 2.45) is 5.73 Å². The van der Waals surface area contributed by atoms with E-state index in [4.69, 9.17) is 10.2 Å². The van der Waals surface area contributed by atoms with Gasteiger partial charge in [0.15, 0.2) is 0 Å². The molecule has 0 unspecified atom stereocenters. The van der Waals surface area contributed by atoms with Crippen molar-refractivity contribution in [3.05, 3.63) is 40.6 Å². The number of fused-ring (bicyclic) bond motifs is 1. The maximum absolute atomic E-state index is 10.6. The summed E-state index contributed by atoms with van der Waals surface area (Å²) in [7, 11) is 0. The quantitative estimate of drug-likeness (QED) is 0.763. The molecule has 0 fully saturated rings. The van der Waals surface area contributed by atoms with E-state index >= 15 is 0 Å². The average molecular weight is 303 g/mol. The van der Waals surface area contributed by atoms with Gasteiger partial charge in [-0.15, -0.1) is 21.5 Å². The van der Waals surface area contributed by atoms with Gasteiger partial charge in [0.1, 0.15) is 5.01 Å². The summed E-state index contributed by atoms with van der Waals surface area (Å²) >= 11 is 1.61. The monoisotopic (exact) mass is 303 g/mol. The summed E-state index contributed by atoms with van der Waals surface area (Å²) in [6.07, 6.45) is 0.474. The maximum Gasteiger partial charge on any atom is 0.312 e. The highest BCUT2D eigenvalue weighted by Crippen LogP contribution is 2.24. The maximum atomic E-state index is 10.6. The zero-order valence-electron chi connectivity index (χ0n) is 11.3. The summed E-state index contributed by atoms with van der Waals surface area (Å²) < 4.78 is 6.57. The van der Waals surface area contributed by atoms with E-state index in [1.165, 1.54) is 5.56 Å². The molecule has 21 heavy (non-hydrogen) atoms. The second kappa shape index (κ2) is 5.49. The zero-order chi connectivity index (χ0) is 14.8. The second-order valence-corrected chi connectivity index (χ2v) is 5.68. The number of hydrogen-bond acceptors (Lipinski definition) is 6. The molecular formula is C13H13N5O2S. The summed E-state index contributed by atoms with van der Waals surface area (Å²) in [6, 6.07) is 5.51. The predicted octanol–water partition coefficient (Wildman–Crippen LogP) is 1.75. The molecule has 3 rings (SSSR count). The Labute approximate surface area is 124 Å². The number of hydrogen-bond donors (Lipinski definition) is 2. The van der Waals surface area contributed by atoms with Gasteiger partial charge in [-0.05, 0) is 24.6 Å². The van der Waals surface area contributed by atoms with Gasteiger partial charge >= 0.3 is 6.03 Å². The smallest absolute Gasteiger partial charge is 0.312 e. The van der Waals surface area contributed by atoms with Gasteiger partial charge in [-0.2, -0.15) is 0 Å². The number of carbonyl (C=O) groups excluding carboxylic acids is 1. The number of thiazole rings is 1. The van der Waals surface area contributed by atoms with Crippen LogP contribution in [-0.2, 0) is 13.0 Å². The van der Waals surface area contributed by atoms with Gasteiger partial charge in [0.25, 0.3) is 0 Å². The standard InChI is InChI=1S/C13H13N5O2S/c1-7-2-3-8-9(4-7)21-12(16-8)5-10-17-18-11(20-10)6-15-13(14)19/h2-4H,5-6H2,1H3,(H3,14,15,19). The van der Waals surface area contributed by atoms with Crippen LogP contribution < -0.4 is 11.1 Å². The van der Waals surface area contributed by atoms with Gasteiger partial charge in [-0.3, -0.25) is 0 Å². The number of nitrogens with zero attached hydrogens (tertiary/aromatic N) is 3. The van der Waals surface area contributed by atoms with Crippen LogP contribution in [0.1, 0.15) is 22.4 Å². The normalized spacial score (nSPS) is 10.9. The lowest BCUT2D eigenvalue weighted by Crippen LogP contribution is -2.28. The molecule has 0 atom stereocenters. The van der Waals surface area contributed by atoms with E-state index in [1.54, 1.807) is 11.3 Å². The fourth-order valence-corrected chi connectivity index (χ4v) is 2.94. The Hall–Kier alpha value is -2.48. The number of nitrogens with one attached hydrogen (secondary N) is 1. The summed E-state index contributed by atoms with van der Waals surface area (Å²) in [4.78, 5) is 15.1. The van der Waals surface area contributed by atoms with Gasteiger partial charge in [-0.1, -0.05) is 6.07 Å².